The number of carbonyl (C=O) groups excluding carboxylic acids is 1. The molecule has 0 aromatic heterocycles. The lowest BCUT2D eigenvalue weighted by Crippen LogP contribution is -2.30. The van der Waals surface area contributed by atoms with E-state index >= 15 is 0 Å². The Hall–Kier alpha value is -1.08. The van der Waals surface area contributed by atoms with Gasteiger partial charge in [-0.15, -0.1) is 0 Å². The lowest BCUT2D eigenvalue weighted by atomic mass is 10.2. The maximum absolute atomic E-state index is 11.8. The number of benzene rings is 1. The first-order valence-corrected chi connectivity index (χ1v) is 7.55. The van der Waals surface area contributed by atoms with Gasteiger partial charge in [0.25, 0.3) is 0 Å². The molecule has 0 aliphatic carbocycles. The van der Waals surface area contributed by atoms with Crippen LogP contribution < -0.4 is 5.32 Å². The number of ether oxygens (including phenoxy) is 1. The van der Waals surface area contributed by atoms with Crippen LogP contribution in [0.15, 0.2) is 24.3 Å². The van der Waals surface area contributed by atoms with Gasteiger partial charge in [0, 0.05) is 22.6 Å². The molecular weight excluding hydrogens is 327 g/mol. The largest absolute Gasteiger partial charge is 0.440 e. The second-order valence-corrected chi connectivity index (χ2v) is 6.01. The Balaban J connectivity index is 2.22. The second kappa shape index (κ2) is 8.38. The maximum atomic E-state index is 11.8. The van der Waals surface area contributed by atoms with Crippen LogP contribution in [-0.2, 0) is 4.74 Å². The van der Waals surface area contributed by atoms with E-state index < -0.39 is 18.9 Å². The van der Waals surface area contributed by atoms with Crippen LogP contribution in [-0.4, -0.2) is 31.2 Å². The van der Waals surface area contributed by atoms with Gasteiger partial charge in [-0.05, 0) is 18.6 Å². The number of rotatable bonds is 6. The molecule has 0 spiro atoms. The van der Waals surface area contributed by atoms with Crippen molar-refractivity contribution in [2.75, 3.05) is 18.9 Å². The number of hydrogen-bond acceptors (Lipinski definition) is 3. The van der Waals surface area contributed by atoms with Crippen molar-refractivity contribution in [1.82, 2.24) is 5.32 Å². The highest BCUT2D eigenvalue weighted by Gasteiger charge is 2.29. The monoisotopic (exact) mass is 341 g/mol. The van der Waals surface area contributed by atoms with Crippen LogP contribution in [0.25, 0.3) is 0 Å². The second-order valence-electron chi connectivity index (χ2n) is 4.15. The van der Waals surface area contributed by atoms with E-state index in [-0.39, 0.29) is 11.8 Å². The fraction of sp³-hybridized carbons (Fsp3) is 0.462. The van der Waals surface area contributed by atoms with Crippen molar-refractivity contribution >= 4 is 29.5 Å². The molecule has 118 valence electrons. The van der Waals surface area contributed by atoms with Crippen LogP contribution in [0.3, 0.4) is 0 Å². The Morgan fingerprint density at radius 2 is 2.10 bits per heavy atom. The number of hydrogen-bond donors (Lipinski definition) is 1. The van der Waals surface area contributed by atoms with E-state index in [0.29, 0.717) is 10.8 Å². The number of halogens is 4. The van der Waals surface area contributed by atoms with Crippen molar-refractivity contribution in [3.05, 3.63) is 34.9 Å². The average molecular weight is 342 g/mol. The fourth-order valence-corrected chi connectivity index (χ4v) is 2.80. The quantitative estimate of drug-likeness (QED) is 0.778. The summed E-state index contributed by atoms with van der Waals surface area (Å²) in [6.07, 6.45) is -5.58. The zero-order chi connectivity index (χ0) is 15.9. The molecule has 1 rings (SSSR count). The molecule has 0 aliphatic heterocycles. The van der Waals surface area contributed by atoms with Crippen LogP contribution in [0.1, 0.15) is 17.7 Å². The summed E-state index contributed by atoms with van der Waals surface area (Å²) in [6.45, 7) is 0.603. The Bertz CT molecular complexity index is 471. The first-order chi connectivity index (χ1) is 9.79. The highest BCUT2D eigenvalue weighted by atomic mass is 35.5. The molecule has 1 aromatic rings. The van der Waals surface area contributed by atoms with Crippen LogP contribution in [0.5, 0.6) is 0 Å². The van der Waals surface area contributed by atoms with E-state index in [9.17, 15) is 18.0 Å². The van der Waals surface area contributed by atoms with Gasteiger partial charge < -0.3 is 10.1 Å². The van der Waals surface area contributed by atoms with Gasteiger partial charge in [-0.3, -0.25) is 0 Å². The summed E-state index contributed by atoms with van der Waals surface area (Å²) in [5.41, 5.74) is 0.976. The molecule has 0 bridgehead atoms. The molecule has 3 nitrogen and oxygen atoms in total. The summed E-state index contributed by atoms with van der Waals surface area (Å²) in [5.74, 6) is 0.535. The van der Waals surface area contributed by atoms with Crippen molar-refractivity contribution in [1.29, 1.82) is 0 Å². The highest BCUT2D eigenvalue weighted by molar-refractivity contribution is 7.99. The molecule has 0 aliphatic rings. The Morgan fingerprint density at radius 1 is 1.43 bits per heavy atom. The molecule has 0 saturated carbocycles. The summed E-state index contributed by atoms with van der Waals surface area (Å²) in [7, 11) is 0. The number of amides is 1. The zero-order valence-electron chi connectivity index (χ0n) is 11.2. The minimum atomic E-state index is -4.51. The molecule has 0 heterocycles. The average Bonchev–Trinajstić information content (AvgIpc) is 2.41. The van der Waals surface area contributed by atoms with E-state index in [4.69, 9.17) is 11.6 Å². The van der Waals surface area contributed by atoms with E-state index in [1.807, 2.05) is 25.1 Å². The third kappa shape index (κ3) is 7.47. The van der Waals surface area contributed by atoms with Crippen molar-refractivity contribution in [2.24, 2.45) is 0 Å². The van der Waals surface area contributed by atoms with Gasteiger partial charge in [-0.2, -0.15) is 24.9 Å². The van der Waals surface area contributed by atoms with Crippen LogP contribution in [0.4, 0.5) is 18.0 Å². The van der Waals surface area contributed by atoms with Gasteiger partial charge in [0.2, 0.25) is 0 Å². The number of alkyl carbamates (subject to hydrolysis) is 1. The number of thioether (sulfide) groups is 1. The zero-order valence-corrected chi connectivity index (χ0v) is 12.8. The summed E-state index contributed by atoms with van der Waals surface area (Å²) < 4.78 is 39.5. The van der Waals surface area contributed by atoms with Gasteiger partial charge in [0.1, 0.15) is 0 Å². The Kier molecular flexibility index (Phi) is 7.17. The molecule has 0 saturated heterocycles. The van der Waals surface area contributed by atoms with E-state index in [2.05, 4.69) is 10.1 Å². The molecule has 0 fully saturated rings. The number of carbonyl (C=O) groups is 1. The smallest absolute Gasteiger partial charge is 0.422 e. The minimum Gasteiger partial charge on any atom is -0.440 e. The summed E-state index contributed by atoms with van der Waals surface area (Å²) >= 11 is 7.59. The van der Waals surface area contributed by atoms with Gasteiger partial charge in [0.05, 0.1) is 0 Å². The molecule has 1 unspecified atom stereocenters. The third-order valence-electron chi connectivity index (χ3n) is 2.45. The first kappa shape index (κ1) is 18.0. The number of alkyl halides is 3. The van der Waals surface area contributed by atoms with Crippen LogP contribution in [0.2, 0.25) is 5.02 Å². The van der Waals surface area contributed by atoms with Crippen molar-refractivity contribution < 1.29 is 22.7 Å². The standard InChI is InChI=1S/C13H15ClF3NO2S/c1-9(10-4-2-3-5-11(10)14)21-7-6-18-12(19)20-8-13(15,16)17/h2-5,9H,6-8H2,1H3,(H,18,19). The molecular formula is C13H15ClF3NO2S. The molecule has 1 aromatic carbocycles. The molecule has 1 atom stereocenters. The molecule has 1 N–H and O–H groups in total. The molecule has 1 amide bonds. The molecule has 0 radical (unpaired) electrons. The van der Waals surface area contributed by atoms with E-state index in [0.717, 1.165) is 5.56 Å². The van der Waals surface area contributed by atoms with E-state index in [1.54, 1.807) is 6.07 Å². The lowest BCUT2D eigenvalue weighted by molar-refractivity contribution is -0.160. The third-order valence-corrected chi connectivity index (χ3v) is 3.99. The summed E-state index contributed by atoms with van der Waals surface area (Å²) in [5, 5.41) is 3.04. The topological polar surface area (TPSA) is 38.3 Å². The van der Waals surface area contributed by atoms with Gasteiger partial charge in [0.15, 0.2) is 6.61 Å². The number of nitrogens with one attached hydrogen (secondary N) is 1. The summed E-state index contributed by atoms with van der Waals surface area (Å²) in [4.78, 5) is 11.0. The van der Waals surface area contributed by atoms with Crippen molar-refractivity contribution in [3.63, 3.8) is 0 Å². The maximum Gasteiger partial charge on any atom is 0.422 e. The fourth-order valence-electron chi connectivity index (χ4n) is 1.48. The lowest BCUT2D eigenvalue weighted by Gasteiger charge is -2.13. The molecule has 8 heteroatoms. The van der Waals surface area contributed by atoms with Crippen molar-refractivity contribution in [3.8, 4) is 0 Å². The van der Waals surface area contributed by atoms with E-state index in [1.165, 1.54) is 11.8 Å². The van der Waals surface area contributed by atoms with Crippen LogP contribution in [0, 0.1) is 0 Å². The predicted molar refractivity (Wildman–Crippen MR) is 77.7 cm³/mol. The SMILES string of the molecule is CC(SCCNC(=O)OCC(F)(F)F)c1ccccc1Cl. The summed E-state index contributed by atoms with van der Waals surface area (Å²) in [6, 6.07) is 7.41. The van der Waals surface area contributed by atoms with Gasteiger partial charge in [-0.1, -0.05) is 29.8 Å². The van der Waals surface area contributed by atoms with Crippen LogP contribution >= 0.6 is 23.4 Å². The van der Waals surface area contributed by atoms with Gasteiger partial charge in [-0.25, -0.2) is 4.79 Å². The predicted octanol–water partition coefficient (Wildman–Crippen LogP) is 4.42. The van der Waals surface area contributed by atoms with Crippen molar-refractivity contribution in [2.45, 2.75) is 18.3 Å². The van der Waals surface area contributed by atoms with Gasteiger partial charge >= 0.3 is 12.3 Å². The highest BCUT2D eigenvalue weighted by Crippen LogP contribution is 2.32. The molecule has 21 heavy (non-hydrogen) atoms. The normalized spacial score (nSPS) is 12.8. The Morgan fingerprint density at radius 3 is 2.71 bits per heavy atom. The first-order valence-electron chi connectivity index (χ1n) is 6.13. The Labute approximate surface area is 130 Å². The minimum absolute atomic E-state index is 0.117.